The quantitative estimate of drug-likeness (QED) is 0.284. The van der Waals surface area contributed by atoms with Crippen LogP contribution >= 0.6 is 0 Å². The van der Waals surface area contributed by atoms with Gasteiger partial charge in [-0.3, -0.25) is 4.79 Å². The van der Waals surface area contributed by atoms with Crippen molar-refractivity contribution in [2.45, 2.75) is 71.5 Å². The molecule has 7 heteroatoms. The molecule has 0 saturated heterocycles. The Morgan fingerprint density at radius 1 is 1.03 bits per heavy atom. The van der Waals surface area contributed by atoms with E-state index in [4.69, 9.17) is 0 Å². The number of H-pyrrole nitrogens is 1. The van der Waals surface area contributed by atoms with Gasteiger partial charge in [0.15, 0.2) is 0 Å². The van der Waals surface area contributed by atoms with Crippen LogP contribution < -0.4 is 5.32 Å². The fraction of sp³-hybridized carbons (Fsp3) is 0.483. The summed E-state index contributed by atoms with van der Waals surface area (Å²) >= 11 is 0. The van der Waals surface area contributed by atoms with Gasteiger partial charge in [0.2, 0.25) is 5.91 Å². The van der Waals surface area contributed by atoms with Crippen LogP contribution in [0.3, 0.4) is 0 Å². The number of alkyl halides is 3. The molecule has 36 heavy (non-hydrogen) atoms. The Morgan fingerprint density at radius 3 is 2.42 bits per heavy atom. The lowest BCUT2D eigenvalue weighted by molar-refractivity contribution is -0.138. The number of aromatic amines is 1. The number of aromatic nitrogens is 1. The molecule has 0 aliphatic heterocycles. The Kier molecular flexibility index (Phi) is 9.60. The number of para-hydroxylation sites is 1. The fourth-order valence-electron chi connectivity index (χ4n) is 5.02. The van der Waals surface area contributed by atoms with Crippen LogP contribution in [0.1, 0.15) is 75.1 Å². The van der Waals surface area contributed by atoms with Gasteiger partial charge in [-0.05, 0) is 68.6 Å². The molecule has 0 bridgehead atoms. The topological polar surface area (TPSA) is 48.1 Å². The number of hydrogen-bond acceptors (Lipinski definition) is 2. The van der Waals surface area contributed by atoms with Gasteiger partial charge in [-0.25, -0.2) is 0 Å². The predicted octanol–water partition coefficient (Wildman–Crippen LogP) is 6.90. The zero-order chi connectivity index (χ0) is 26.3. The van der Waals surface area contributed by atoms with Crippen molar-refractivity contribution < 1.29 is 18.0 Å². The molecule has 1 heterocycles. The summed E-state index contributed by atoms with van der Waals surface area (Å²) in [6.07, 6.45) is -0.236. The maximum absolute atomic E-state index is 14.0. The first kappa shape index (κ1) is 27.8. The lowest BCUT2D eigenvalue weighted by Crippen LogP contribution is -2.34. The van der Waals surface area contributed by atoms with E-state index in [1.807, 2.05) is 32.0 Å². The summed E-state index contributed by atoms with van der Waals surface area (Å²) in [7, 11) is 0. The third-order valence-corrected chi connectivity index (χ3v) is 7.03. The van der Waals surface area contributed by atoms with Crippen molar-refractivity contribution in [1.29, 1.82) is 0 Å². The van der Waals surface area contributed by atoms with E-state index in [9.17, 15) is 18.0 Å². The van der Waals surface area contributed by atoms with Crippen LogP contribution in [0.5, 0.6) is 0 Å². The highest BCUT2D eigenvalue weighted by Crippen LogP contribution is 2.41. The summed E-state index contributed by atoms with van der Waals surface area (Å²) < 4.78 is 41.9. The first-order valence-corrected chi connectivity index (χ1v) is 13.0. The molecule has 2 N–H and O–H groups in total. The molecule has 2 aromatic carbocycles. The molecule has 2 unspecified atom stereocenters. The zero-order valence-corrected chi connectivity index (χ0v) is 21.7. The molecule has 3 aromatic rings. The third-order valence-electron chi connectivity index (χ3n) is 7.03. The second-order valence-corrected chi connectivity index (χ2v) is 9.42. The van der Waals surface area contributed by atoms with Crippen molar-refractivity contribution in [3.05, 3.63) is 70.9 Å². The number of nitrogens with zero attached hydrogens (tertiary/aromatic N) is 1. The van der Waals surface area contributed by atoms with Crippen LogP contribution in [0.15, 0.2) is 48.7 Å². The Hall–Kier alpha value is -2.80. The first-order valence-electron chi connectivity index (χ1n) is 13.0. The average molecular weight is 502 g/mol. The highest BCUT2D eigenvalue weighted by atomic mass is 19.4. The van der Waals surface area contributed by atoms with Crippen molar-refractivity contribution in [3.63, 3.8) is 0 Å². The molecule has 1 aromatic heterocycles. The summed E-state index contributed by atoms with van der Waals surface area (Å²) in [4.78, 5) is 18.7. The van der Waals surface area contributed by atoms with E-state index >= 15 is 0 Å². The second kappa shape index (κ2) is 12.4. The summed E-state index contributed by atoms with van der Waals surface area (Å²) in [5.74, 6) is -0.972. The van der Waals surface area contributed by atoms with Crippen molar-refractivity contribution in [2.75, 3.05) is 19.6 Å². The lowest BCUT2D eigenvalue weighted by atomic mass is 9.84. The van der Waals surface area contributed by atoms with Crippen LogP contribution in [-0.4, -0.2) is 41.5 Å². The highest BCUT2D eigenvalue weighted by molar-refractivity contribution is 5.88. The fourth-order valence-corrected chi connectivity index (χ4v) is 5.02. The number of carbonyl (C=O) groups excluding carboxylic acids is 1. The molecule has 0 saturated carbocycles. The van der Waals surface area contributed by atoms with E-state index in [2.05, 4.69) is 29.0 Å². The van der Waals surface area contributed by atoms with Crippen LogP contribution in [0.4, 0.5) is 13.2 Å². The smallest absolute Gasteiger partial charge is 0.361 e. The van der Waals surface area contributed by atoms with Gasteiger partial charge < -0.3 is 15.2 Å². The van der Waals surface area contributed by atoms with Gasteiger partial charge >= 0.3 is 6.18 Å². The number of benzene rings is 2. The molecule has 0 aliphatic rings. The van der Waals surface area contributed by atoms with Crippen molar-refractivity contribution in [2.24, 2.45) is 0 Å². The molecule has 0 aliphatic carbocycles. The van der Waals surface area contributed by atoms with E-state index in [-0.39, 0.29) is 23.9 Å². The van der Waals surface area contributed by atoms with Crippen LogP contribution in [0.2, 0.25) is 0 Å². The Bertz CT molecular complexity index is 1130. The summed E-state index contributed by atoms with van der Waals surface area (Å²) in [5.41, 5.74) is 2.14. The van der Waals surface area contributed by atoms with Crippen molar-refractivity contribution in [1.82, 2.24) is 15.2 Å². The number of halogens is 3. The first-order chi connectivity index (χ1) is 17.2. The predicted molar refractivity (Wildman–Crippen MR) is 140 cm³/mol. The normalized spacial score (nSPS) is 13.8. The van der Waals surface area contributed by atoms with Crippen molar-refractivity contribution >= 4 is 16.8 Å². The van der Waals surface area contributed by atoms with E-state index in [1.165, 1.54) is 12.1 Å². The maximum Gasteiger partial charge on any atom is 0.416 e. The van der Waals surface area contributed by atoms with E-state index < -0.39 is 17.7 Å². The van der Waals surface area contributed by atoms with Gasteiger partial charge in [-0.2, -0.15) is 13.2 Å². The molecule has 0 radical (unpaired) electrons. The molecule has 1 amide bonds. The Labute approximate surface area is 212 Å². The molecule has 4 nitrogen and oxygen atoms in total. The van der Waals surface area contributed by atoms with Gasteiger partial charge in [0.05, 0.1) is 5.56 Å². The minimum absolute atomic E-state index is 0.0544. The molecule has 0 fully saturated rings. The SMILES string of the molecule is CCc1cccc2c(C(CC(=O)NC(C)CCCN(CC)CC)c3ccccc3C(F)(F)F)c[nH]c12. The van der Waals surface area contributed by atoms with E-state index in [0.29, 0.717) is 5.56 Å². The van der Waals surface area contributed by atoms with Gasteiger partial charge in [-0.15, -0.1) is 0 Å². The largest absolute Gasteiger partial charge is 0.416 e. The monoisotopic (exact) mass is 501 g/mol. The van der Waals surface area contributed by atoms with Gasteiger partial charge in [0.1, 0.15) is 0 Å². The molecular formula is C29H38F3N3O. The number of aryl methyl sites for hydroxylation is 1. The number of hydrogen-bond donors (Lipinski definition) is 2. The maximum atomic E-state index is 14.0. The van der Waals surface area contributed by atoms with Gasteiger partial charge in [0, 0.05) is 35.5 Å². The standard InChI is InChI=1S/C29H38F3N3O/c1-5-21-13-10-15-23-25(19-33-28(21)23)24(22-14-8-9-16-26(22)29(30,31)32)18-27(36)34-20(4)12-11-17-35(6-2)7-3/h8-10,13-16,19-20,24,33H,5-7,11-12,17-18H2,1-4H3,(H,34,36). The zero-order valence-electron chi connectivity index (χ0n) is 21.7. The molecule has 0 spiro atoms. The van der Waals surface area contributed by atoms with E-state index in [1.54, 1.807) is 12.3 Å². The van der Waals surface area contributed by atoms with Crippen molar-refractivity contribution in [3.8, 4) is 0 Å². The van der Waals surface area contributed by atoms with Gasteiger partial charge in [0.25, 0.3) is 0 Å². The minimum Gasteiger partial charge on any atom is -0.361 e. The lowest BCUT2D eigenvalue weighted by Gasteiger charge is -2.23. The summed E-state index contributed by atoms with van der Waals surface area (Å²) in [5, 5.41) is 3.89. The summed E-state index contributed by atoms with van der Waals surface area (Å²) in [6, 6.07) is 11.4. The number of fused-ring (bicyclic) bond motifs is 1. The number of rotatable bonds is 12. The Morgan fingerprint density at radius 2 is 1.75 bits per heavy atom. The third kappa shape index (κ3) is 6.69. The highest BCUT2D eigenvalue weighted by Gasteiger charge is 2.36. The van der Waals surface area contributed by atoms with E-state index in [0.717, 1.165) is 61.4 Å². The number of carbonyl (C=O) groups is 1. The van der Waals surface area contributed by atoms with Gasteiger partial charge in [-0.1, -0.05) is 57.2 Å². The van der Waals surface area contributed by atoms with Crippen LogP contribution in [0, 0.1) is 0 Å². The molecule has 196 valence electrons. The molecule has 3 rings (SSSR count). The number of amides is 1. The average Bonchev–Trinajstić information content (AvgIpc) is 3.29. The van der Waals surface area contributed by atoms with Crippen LogP contribution in [0.25, 0.3) is 10.9 Å². The van der Waals surface area contributed by atoms with Crippen LogP contribution in [-0.2, 0) is 17.4 Å². The molecule has 2 atom stereocenters. The molecular weight excluding hydrogens is 463 g/mol. The minimum atomic E-state index is -4.51. The Balaban J connectivity index is 1.89. The summed E-state index contributed by atoms with van der Waals surface area (Å²) in [6.45, 7) is 11.2. The number of nitrogens with one attached hydrogen (secondary N) is 2. The second-order valence-electron chi connectivity index (χ2n) is 9.42.